The summed E-state index contributed by atoms with van der Waals surface area (Å²) >= 11 is 7.75. The quantitative estimate of drug-likeness (QED) is 0.640. The Kier molecular flexibility index (Phi) is 5.74. The van der Waals surface area contributed by atoms with Gasteiger partial charge in [-0.2, -0.15) is 11.8 Å². The largest absolute Gasteiger partial charge is 0.312 e. The second kappa shape index (κ2) is 6.83. The van der Waals surface area contributed by atoms with Crippen LogP contribution in [0.2, 0.25) is 5.02 Å². The summed E-state index contributed by atoms with van der Waals surface area (Å²) in [5, 5.41) is 14.9. The number of nitrogens with one attached hydrogen (secondary N) is 1. The third kappa shape index (κ3) is 4.53. The lowest BCUT2D eigenvalue weighted by Crippen LogP contribution is -2.22. The minimum atomic E-state index is -0.412. The highest BCUT2D eigenvalue weighted by atomic mass is 35.5. The van der Waals surface area contributed by atoms with E-state index in [1.807, 2.05) is 6.26 Å². The van der Waals surface area contributed by atoms with Crippen LogP contribution in [-0.2, 0) is 6.54 Å². The number of thioether (sulfide) groups is 1. The molecule has 1 aromatic carbocycles. The average Bonchev–Trinajstić information content (AvgIpc) is 2.30. The molecule has 1 N–H and O–H groups in total. The van der Waals surface area contributed by atoms with Crippen LogP contribution in [0.3, 0.4) is 0 Å². The van der Waals surface area contributed by atoms with E-state index in [0.29, 0.717) is 16.8 Å². The van der Waals surface area contributed by atoms with Crippen molar-refractivity contribution in [2.75, 3.05) is 12.8 Å². The van der Waals surface area contributed by atoms with Crippen LogP contribution < -0.4 is 5.32 Å². The van der Waals surface area contributed by atoms with E-state index in [1.54, 1.807) is 17.8 Å². The first-order chi connectivity index (χ1) is 8.04. The lowest BCUT2D eigenvalue weighted by molar-refractivity contribution is -0.384. The maximum absolute atomic E-state index is 10.6. The van der Waals surface area contributed by atoms with Gasteiger partial charge in [0.05, 0.1) is 4.92 Å². The van der Waals surface area contributed by atoms with E-state index in [0.717, 1.165) is 12.1 Å². The highest BCUT2D eigenvalue weighted by Crippen LogP contribution is 2.21. The highest BCUT2D eigenvalue weighted by molar-refractivity contribution is 7.99. The summed E-state index contributed by atoms with van der Waals surface area (Å²) in [4.78, 5) is 10.2. The van der Waals surface area contributed by atoms with Gasteiger partial charge in [-0.3, -0.25) is 10.1 Å². The molecule has 0 saturated carbocycles. The van der Waals surface area contributed by atoms with Crippen LogP contribution in [0.1, 0.15) is 12.5 Å². The van der Waals surface area contributed by atoms with Crippen LogP contribution >= 0.6 is 23.4 Å². The van der Waals surface area contributed by atoms with Crippen molar-refractivity contribution in [3.63, 3.8) is 0 Å². The van der Waals surface area contributed by atoms with E-state index in [-0.39, 0.29) is 5.69 Å². The highest BCUT2D eigenvalue weighted by Gasteiger charge is 2.09. The molecule has 0 heterocycles. The molecule has 0 bridgehead atoms. The summed E-state index contributed by atoms with van der Waals surface area (Å²) < 4.78 is 0. The monoisotopic (exact) mass is 274 g/mol. The Morgan fingerprint density at radius 2 is 2.29 bits per heavy atom. The zero-order chi connectivity index (χ0) is 12.8. The maximum atomic E-state index is 10.6. The van der Waals surface area contributed by atoms with Crippen LogP contribution in [0.5, 0.6) is 0 Å². The first kappa shape index (κ1) is 14.3. The zero-order valence-electron chi connectivity index (χ0n) is 9.77. The Morgan fingerprint density at radius 1 is 1.59 bits per heavy atom. The Labute approximate surface area is 110 Å². The van der Waals surface area contributed by atoms with E-state index in [1.165, 1.54) is 12.1 Å². The van der Waals surface area contributed by atoms with Crippen molar-refractivity contribution >= 4 is 29.1 Å². The van der Waals surface area contributed by atoms with Crippen LogP contribution in [0.25, 0.3) is 0 Å². The molecule has 1 rings (SSSR count). The Balaban J connectivity index is 2.63. The molecule has 1 atom stereocenters. The third-order valence-corrected chi connectivity index (χ3v) is 3.73. The molecule has 4 nitrogen and oxygen atoms in total. The Morgan fingerprint density at radius 3 is 2.88 bits per heavy atom. The molecule has 1 aromatic rings. The molecule has 0 aliphatic rings. The molecule has 0 amide bonds. The van der Waals surface area contributed by atoms with E-state index < -0.39 is 4.92 Å². The van der Waals surface area contributed by atoms with Gasteiger partial charge in [0.1, 0.15) is 0 Å². The Bertz CT molecular complexity index is 401. The molecule has 1 unspecified atom stereocenters. The Hall–Kier alpha value is -0.780. The number of non-ortho nitro benzene ring substituents is 1. The lowest BCUT2D eigenvalue weighted by Gasteiger charge is -2.10. The summed E-state index contributed by atoms with van der Waals surface area (Å²) in [6.07, 6.45) is 2.05. The molecule has 0 saturated heterocycles. The summed E-state index contributed by atoms with van der Waals surface area (Å²) in [6, 6.07) is 4.49. The predicted octanol–water partition coefficient (Wildman–Crippen LogP) is 3.09. The van der Waals surface area contributed by atoms with Gasteiger partial charge in [0.15, 0.2) is 0 Å². The van der Waals surface area contributed by atoms with Crippen molar-refractivity contribution in [1.82, 2.24) is 5.32 Å². The minimum absolute atomic E-state index is 0.0733. The zero-order valence-corrected chi connectivity index (χ0v) is 11.3. The molecular weight excluding hydrogens is 260 g/mol. The number of hydrogen-bond donors (Lipinski definition) is 1. The van der Waals surface area contributed by atoms with Gasteiger partial charge in [0.25, 0.3) is 5.69 Å². The second-order valence-corrected chi connectivity index (χ2v) is 5.39. The normalized spacial score (nSPS) is 12.4. The smallest absolute Gasteiger partial charge is 0.269 e. The fourth-order valence-electron chi connectivity index (χ4n) is 1.30. The average molecular weight is 275 g/mol. The molecule has 0 aliphatic carbocycles. The van der Waals surface area contributed by atoms with Gasteiger partial charge in [-0.15, -0.1) is 0 Å². The van der Waals surface area contributed by atoms with Crippen LogP contribution in [0.4, 0.5) is 5.69 Å². The molecule has 6 heteroatoms. The first-order valence-corrected chi connectivity index (χ1v) is 6.87. The van der Waals surface area contributed by atoms with Crippen LogP contribution in [-0.4, -0.2) is 23.0 Å². The first-order valence-electron chi connectivity index (χ1n) is 5.21. The fourth-order valence-corrected chi connectivity index (χ4v) is 1.77. The summed E-state index contributed by atoms with van der Waals surface area (Å²) in [5.74, 6) is 0. The van der Waals surface area contributed by atoms with Crippen LogP contribution in [0, 0.1) is 10.1 Å². The molecule has 0 aliphatic heterocycles. The van der Waals surface area contributed by atoms with Crippen molar-refractivity contribution in [1.29, 1.82) is 0 Å². The number of nitro benzene ring substituents is 1. The number of nitrogens with zero attached hydrogens (tertiary/aromatic N) is 1. The van der Waals surface area contributed by atoms with E-state index in [4.69, 9.17) is 11.6 Å². The van der Waals surface area contributed by atoms with Gasteiger partial charge in [-0.05, 0) is 17.9 Å². The maximum Gasteiger partial charge on any atom is 0.269 e. The lowest BCUT2D eigenvalue weighted by atomic mass is 10.2. The summed E-state index contributed by atoms with van der Waals surface area (Å²) in [6.45, 7) is 3.51. The SMILES string of the molecule is CSC(C)CNCc1cc([N+](=O)[O-])ccc1Cl. The van der Waals surface area contributed by atoms with Gasteiger partial charge in [-0.25, -0.2) is 0 Å². The summed E-state index contributed by atoms with van der Waals surface area (Å²) in [7, 11) is 0. The van der Waals surface area contributed by atoms with Gasteiger partial charge in [0, 0.05) is 35.5 Å². The summed E-state index contributed by atoms with van der Waals surface area (Å²) in [5.41, 5.74) is 0.832. The molecule has 0 aromatic heterocycles. The standard InChI is InChI=1S/C11H15ClN2O2S/c1-8(17-2)6-13-7-9-5-10(14(15)16)3-4-11(9)12/h3-5,8,13H,6-7H2,1-2H3. The topological polar surface area (TPSA) is 55.2 Å². The number of halogens is 1. The number of hydrogen-bond acceptors (Lipinski definition) is 4. The van der Waals surface area contributed by atoms with Crippen molar-refractivity contribution in [2.24, 2.45) is 0 Å². The predicted molar refractivity (Wildman–Crippen MR) is 72.8 cm³/mol. The van der Waals surface area contributed by atoms with Gasteiger partial charge in [-0.1, -0.05) is 18.5 Å². The minimum Gasteiger partial charge on any atom is -0.312 e. The van der Waals surface area contributed by atoms with E-state index in [2.05, 4.69) is 12.2 Å². The third-order valence-electron chi connectivity index (χ3n) is 2.39. The van der Waals surface area contributed by atoms with Crippen molar-refractivity contribution in [2.45, 2.75) is 18.7 Å². The molecular formula is C11H15ClN2O2S. The molecule has 0 fully saturated rings. The van der Waals surface area contributed by atoms with Gasteiger partial charge >= 0.3 is 0 Å². The number of rotatable bonds is 6. The van der Waals surface area contributed by atoms with Crippen LogP contribution in [0.15, 0.2) is 18.2 Å². The molecule has 94 valence electrons. The van der Waals surface area contributed by atoms with Gasteiger partial charge in [0.2, 0.25) is 0 Å². The van der Waals surface area contributed by atoms with E-state index >= 15 is 0 Å². The molecule has 17 heavy (non-hydrogen) atoms. The molecule has 0 radical (unpaired) electrons. The number of benzene rings is 1. The van der Waals surface area contributed by atoms with E-state index in [9.17, 15) is 10.1 Å². The number of nitro groups is 1. The molecule has 0 spiro atoms. The van der Waals surface area contributed by atoms with Crippen molar-refractivity contribution in [3.05, 3.63) is 38.9 Å². The second-order valence-electron chi connectivity index (χ2n) is 3.71. The van der Waals surface area contributed by atoms with Crippen molar-refractivity contribution in [3.8, 4) is 0 Å². The fraction of sp³-hybridized carbons (Fsp3) is 0.455. The van der Waals surface area contributed by atoms with Gasteiger partial charge < -0.3 is 5.32 Å². The van der Waals surface area contributed by atoms with Crippen molar-refractivity contribution < 1.29 is 4.92 Å².